The van der Waals surface area contributed by atoms with Crippen LogP contribution in [0.2, 0.25) is 0 Å². The van der Waals surface area contributed by atoms with Gasteiger partial charge >= 0.3 is 0 Å². The van der Waals surface area contributed by atoms with Gasteiger partial charge in [0.25, 0.3) is 0 Å². The number of carbonyl (C=O) groups is 1. The number of carbonyl (C=O) groups excluding carboxylic acids is 1. The maximum absolute atomic E-state index is 12.2. The van der Waals surface area contributed by atoms with Crippen molar-refractivity contribution in [1.29, 1.82) is 0 Å². The molecule has 1 atom stereocenters. The lowest BCUT2D eigenvalue weighted by Crippen LogP contribution is -2.41. The van der Waals surface area contributed by atoms with Crippen molar-refractivity contribution in [2.45, 2.75) is 46.0 Å². The molecule has 3 heteroatoms. The first-order chi connectivity index (χ1) is 7.64. The van der Waals surface area contributed by atoms with E-state index in [1.807, 2.05) is 7.05 Å². The summed E-state index contributed by atoms with van der Waals surface area (Å²) >= 11 is 0. The van der Waals surface area contributed by atoms with Crippen molar-refractivity contribution < 1.29 is 4.79 Å². The van der Waals surface area contributed by atoms with Crippen LogP contribution < -0.4 is 10.6 Å². The molecule has 3 nitrogen and oxygen atoms in total. The lowest BCUT2D eigenvalue weighted by molar-refractivity contribution is -0.131. The fourth-order valence-electron chi connectivity index (χ4n) is 2.67. The Kier molecular flexibility index (Phi) is 5.26. The molecular formula is C13H26N2O. The highest BCUT2D eigenvalue weighted by atomic mass is 16.2. The van der Waals surface area contributed by atoms with Gasteiger partial charge in [0.2, 0.25) is 5.91 Å². The third kappa shape index (κ3) is 3.21. The molecule has 16 heavy (non-hydrogen) atoms. The van der Waals surface area contributed by atoms with Crippen molar-refractivity contribution in [3.8, 4) is 0 Å². The predicted octanol–water partition coefficient (Wildman–Crippen LogP) is 1.93. The molecule has 1 aliphatic carbocycles. The van der Waals surface area contributed by atoms with Crippen LogP contribution in [0.3, 0.4) is 0 Å². The first-order valence-electron chi connectivity index (χ1n) is 6.57. The van der Waals surface area contributed by atoms with Gasteiger partial charge < -0.3 is 10.6 Å². The van der Waals surface area contributed by atoms with Crippen molar-refractivity contribution in [3.05, 3.63) is 0 Å². The molecule has 0 bridgehead atoms. The van der Waals surface area contributed by atoms with Gasteiger partial charge in [-0.05, 0) is 38.8 Å². The molecule has 0 aromatic rings. The van der Waals surface area contributed by atoms with E-state index >= 15 is 0 Å². The molecule has 0 spiro atoms. The Morgan fingerprint density at radius 1 is 1.31 bits per heavy atom. The summed E-state index contributed by atoms with van der Waals surface area (Å²) in [6, 6.07) is 0. The Morgan fingerprint density at radius 3 is 2.44 bits per heavy atom. The Hall–Kier alpha value is -0.570. The van der Waals surface area contributed by atoms with Gasteiger partial charge in [-0.2, -0.15) is 0 Å². The van der Waals surface area contributed by atoms with Crippen molar-refractivity contribution in [2.24, 2.45) is 11.3 Å². The Bertz CT molecular complexity index is 222. The van der Waals surface area contributed by atoms with Gasteiger partial charge in [-0.25, -0.2) is 0 Å². The maximum Gasteiger partial charge on any atom is 0.226 e. The minimum absolute atomic E-state index is 0.0423. The number of nitrogens with one attached hydrogen (secondary N) is 2. The largest absolute Gasteiger partial charge is 0.355 e. The van der Waals surface area contributed by atoms with Crippen molar-refractivity contribution in [2.75, 3.05) is 20.1 Å². The molecule has 1 aliphatic rings. The van der Waals surface area contributed by atoms with Gasteiger partial charge in [0.05, 0.1) is 0 Å². The summed E-state index contributed by atoms with van der Waals surface area (Å²) in [6.45, 7) is 6.05. The van der Waals surface area contributed by atoms with Crippen LogP contribution in [0.1, 0.15) is 46.0 Å². The number of hydrogen-bond acceptors (Lipinski definition) is 2. The summed E-state index contributed by atoms with van der Waals surface area (Å²) in [7, 11) is 1.95. The van der Waals surface area contributed by atoms with E-state index in [-0.39, 0.29) is 11.3 Å². The van der Waals surface area contributed by atoms with Gasteiger partial charge in [-0.3, -0.25) is 4.79 Å². The number of amides is 1. The molecule has 1 fully saturated rings. The molecule has 1 amide bonds. The Labute approximate surface area is 99.4 Å². The third-order valence-electron chi connectivity index (χ3n) is 3.88. The lowest BCUT2D eigenvalue weighted by atomic mass is 9.82. The average Bonchev–Trinajstić information content (AvgIpc) is 2.76. The molecule has 0 radical (unpaired) electrons. The monoisotopic (exact) mass is 226 g/mol. The van der Waals surface area contributed by atoms with E-state index in [4.69, 9.17) is 0 Å². The molecular weight excluding hydrogens is 200 g/mol. The fraction of sp³-hybridized carbons (Fsp3) is 0.923. The molecule has 1 rings (SSSR count). The zero-order chi connectivity index (χ0) is 12.0. The first kappa shape index (κ1) is 13.5. The van der Waals surface area contributed by atoms with E-state index in [0.717, 1.165) is 32.4 Å². The summed E-state index contributed by atoms with van der Waals surface area (Å²) in [5, 5.41) is 6.25. The topological polar surface area (TPSA) is 41.1 Å². The SMILES string of the molecule is CCC1(C(=O)NCC(C)CNC)CCCC1. The van der Waals surface area contributed by atoms with Gasteiger partial charge in [0.15, 0.2) is 0 Å². The summed E-state index contributed by atoms with van der Waals surface area (Å²) < 4.78 is 0. The van der Waals surface area contributed by atoms with Crippen molar-refractivity contribution in [3.63, 3.8) is 0 Å². The first-order valence-corrected chi connectivity index (χ1v) is 6.57. The van der Waals surface area contributed by atoms with Crippen LogP contribution >= 0.6 is 0 Å². The van der Waals surface area contributed by atoms with Crippen LogP contribution in [-0.2, 0) is 4.79 Å². The van der Waals surface area contributed by atoms with Gasteiger partial charge in [-0.15, -0.1) is 0 Å². The van der Waals surface area contributed by atoms with Crippen molar-refractivity contribution >= 4 is 5.91 Å². The molecule has 0 heterocycles. The Balaban J connectivity index is 2.38. The predicted molar refractivity (Wildman–Crippen MR) is 67.3 cm³/mol. The van der Waals surface area contributed by atoms with Crippen LogP contribution in [0.5, 0.6) is 0 Å². The highest BCUT2D eigenvalue weighted by Gasteiger charge is 2.38. The van der Waals surface area contributed by atoms with E-state index in [1.54, 1.807) is 0 Å². The smallest absolute Gasteiger partial charge is 0.226 e. The molecule has 0 aromatic carbocycles. The second-order valence-electron chi connectivity index (χ2n) is 5.21. The lowest BCUT2D eigenvalue weighted by Gasteiger charge is -2.26. The molecule has 2 N–H and O–H groups in total. The van der Waals surface area contributed by atoms with Gasteiger partial charge in [0.1, 0.15) is 0 Å². The van der Waals surface area contributed by atoms with Crippen LogP contribution in [0.25, 0.3) is 0 Å². The normalized spacial score (nSPS) is 20.7. The van der Waals surface area contributed by atoms with Crippen LogP contribution in [-0.4, -0.2) is 26.0 Å². The second-order valence-corrected chi connectivity index (χ2v) is 5.21. The maximum atomic E-state index is 12.2. The molecule has 0 aromatic heterocycles. The van der Waals surface area contributed by atoms with E-state index in [2.05, 4.69) is 24.5 Å². The summed E-state index contributed by atoms with van der Waals surface area (Å²) in [6.07, 6.45) is 5.57. The van der Waals surface area contributed by atoms with Crippen molar-refractivity contribution in [1.82, 2.24) is 10.6 Å². The van der Waals surface area contributed by atoms with Gasteiger partial charge in [0, 0.05) is 12.0 Å². The van der Waals surface area contributed by atoms with E-state index < -0.39 is 0 Å². The number of hydrogen-bond donors (Lipinski definition) is 2. The van der Waals surface area contributed by atoms with E-state index in [9.17, 15) is 4.79 Å². The van der Waals surface area contributed by atoms with E-state index in [0.29, 0.717) is 5.92 Å². The Morgan fingerprint density at radius 2 is 1.94 bits per heavy atom. The van der Waals surface area contributed by atoms with Crippen LogP contribution in [0, 0.1) is 11.3 Å². The molecule has 1 unspecified atom stereocenters. The standard InChI is InChI=1S/C13H26N2O/c1-4-13(7-5-6-8-13)12(16)15-10-11(2)9-14-3/h11,14H,4-10H2,1-3H3,(H,15,16). The average molecular weight is 226 g/mol. The zero-order valence-electron chi connectivity index (χ0n) is 10.9. The quantitative estimate of drug-likeness (QED) is 0.726. The molecule has 0 aliphatic heterocycles. The molecule has 94 valence electrons. The number of rotatable bonds is 6. The van der Waals surface area contributed by atoms with Gasteiger partial charge in [-0.1, -0.05) is 26.7 Å². The minimum atomic E-state index is -0.0423. The summed E-state index contributed by atoms with van der Waals surface area (Å²) in [5.41, 5.74) is -0.0423. The zero-order valence-corrected chi connectivity index (χ0v) is 10.9. The minimum Gasteiger partial charge on any atom is -0.355 e. The summed E-state index contributed by atoms with van der Waals surface area (Å²) in [5.74, 6) is 0.791. The second kappa shape index (κ2) is 6.24. The fourth-order valence-corrected chi connectivity index (χ4v) is 2.67. The summed E-state index contributed by atoms with van der Waals surface area (Å²) in [4.78, 5) is 12.2. The van der Waals surface area contributed by atoms with E-state index in [1.165, 1.54) is 12.8 Å². The highest BCUT2D eigenvalue weighted by molar-refractivity contribution is 5.82. The van der Waals surface area contributed by atoms with Crippen LogP contribution in [0.15, 0.2) is 0 Å². The molecule has 1 saturated carbocycles. The third-order valence-corrected chi connectivity index (χ3v) is 3.88. The van der Waals surface area contributed by atoms with Crippen LogP contribution in [0.4, 0.5) is 0 Å². The highest BCUT2D eigenvalue weighted by Crippen LogP contribution is 2.41. The molecule has 0 saturated heterocycles.